The molecule has 2 aromatic rings. The first kappa shape index (κ1) is 12.8. The molecule has 0 aliphatic carbocycles. The summed E-state index contributed by atoms with van der Waals surface area (Å²) in [7, 11) is 1.52. The number of hydrogen-bond donors (Lipinski definition) is 0. The molecule has 0 spiro atoms. The molecule has 0 saturated heterocycles. The zero-order valence-electron chi connectivity index (χ0n) is 10.0. The second-order valence-corrected chi connectivity index (χ2v) is 4.35. The van der Waals surface area contributed by atoms with Crippen LogP contribution < -0.4 is 4.74 Å². The van der Waals surface area contributed by atoms with Crippen molar-refractivity contribution in [1.82, 2.24) is 14.6 Å². The van der Waals surface area contributed by atoms with E-state index in [1.54, 1.807) is 23.8 Å². The minimum absolute atomic E-state index is 0.0745. The van der Waals surface area contributed by atoms with Crippen molar-refractivity contribution < 1.29 is 14.3 Å². The van der Waals surface area contributed by atoms with Crippen LogP contribution in [-0.2, 0) is 16.0 Å². The van der Waals surface area contributed by atoms with E-state index in [1.807, 2.05) is 0 Å². The van der Waals surface area contributed by atoms with Crippen LogP contribution in [0.2, 0.25) is 0 Å². The van der Waals surface area contributed by atoms with Gasteiger partial charge in [0, 0.05) is 0 Å². The van der Waals surface area contributed by atoms with Crippen molar-refractivity contribution in [2.45, 2.75) is 13.3 Å². The smallest absolute Gasteiger partial charge is 0.312 e. The number of rotatable bonds is 4. The summed E-state index contributed by atoms with van der Waals surface area (Å²) < 4.78 is 12.4. The summed E-state index contributed by atoms with van der Waals surface area (Å²) in [5.74, 6) is 0.175. The number of fused-ring (bicyclic) bond motifs is 1. The molecule has 0 aromatic carbocycles. The summed E-state index contributed by atoms with van der Waals surface area (Å²) in [5.41, 5.74) is 1.17. The van der Waals surface area contributed by atoms with E-state index >= 15 is 0 Å². The molecule has 0 fully saturated rings. The minimum Gasteiger partial charge on any atom is -0.493 e. The molecule has 7 heteroatoms. The molecule has 0 bridgehead atoms. The Morgan fingerprint density at radius 1 is 1.56 bits per heavy atom. The maximum absolute atomic E-state index is 11.5. The van der Waals surface area contributed by atoms with E-state index < -0.39 is 0 Å². The van der Waals surface area contributed by atoms with E-state index in [0.717, 1.165) is 4.47 Å². The predicted molar refractivity (Wildman–Crippen MR) is 67.6 cm³/mol. The summed E-state index contributed by atoms with van der Waals surface area (Å²) >= 11 is 3.34. The number of methoxy groups -OCH3 is 1. The lowest BCUT2D eigenvalue weighted by molar-refractivity contribution is -0.142. The highest BCUT2D eigenvalue weighted by Gasteiger charge is 2.14. The Balaban J connectivity index is 2.40. The van der Waals surface area contributed by atoms with Crippen LogP contribution in [0.5, 0.6) is 5.75 Å². The average molecular weight is 314 g/mol. The Kier molecular flexibility index (Phi) is 3.81. The molecule has 0 unspecified atom stereocenters. The third kappa shape index (κ3) is 2.45. The molecule has 0 aliphatic rings. The molecule has 0 aliphatic heterocycles. The molecule has 0 saturated carbocycles. The van der Waals surface area contributed by atoms with Gasteiger partial charge >= 0.3 is 5.97 Å². The van der Waals surface area contributed by atoms with Crippen molar-refractivity contribution in [1.29, 1.82) is 0 Å². The number of aromatic nitrogens is 3. The van der Waals surface area contributed by atoms with Crippen molar-refractivity contribution >= 4 is 27.5 Å². The number of carbonyl (C=O) groups excluding carboxylic acids is 1. The maximum atomic E-state index is 11.5. The number of nitrogens with zero attached hydrogens (tertiary/aromatic N) is 3. The molecular weight excluding hydrogens is 302 g/mol. The van der Waals surface area contributed by atoms with Gasteiger partial charge in [-0.2, -0.15) is 5.10 Å². The molecule has 0 amide bonds. The highest BCUT2D eigenvalue weighted by atomic mass is 79.9. The Hall–Kier alpha value is -1.63. The van der Waals surface area contributed by atoms with E-state index in [4.69, 9.17) is 9.47 Å². The number of halogens is 1. The van der Waals surface area contributed by atoms with Gasteiger partial charge in [-0.1, -0.05) is 0 Å². The Bertz CT molecular complexity index is 582. The molecule has 2 rings (SSSR count). The zero-order chi connectivity index (χ0) is 13.1. The van der Waals surface area contributed by atoms with Gasteiger partial charge in [0.15, 0.2) is 11.4 Å². The Labute approximate surface area is 112 Å². The predicted octanol–water partition coefficient (Wildman–Crippen LogP) is 1.61. The van der Waals surface area contributed by atoms with Gasteiger partial charge in [-0.15, -0.1) is 0 Å². The second kappa shape index (κ2) is 5.34. The third-order valence-electron chi connectivity index (χ3n) is 2.33. The van der Waals surface area contributed by atoms with Gasteiger partial charge in [0.05, 0.1) is 42.7 Å². The van der Waals surface area contributed by atoms with Crippen molar-refractivity contribution in [2.24, 2.45) is 0 Å². The molecular formula is C11H12BrN3O3. The molecule has 0 N–H and O–H groups in total. The van der Waals surface area contributed by atoms with Crippen LogP contribution in [0.25, 0.3) is 5.65 Å². The van der Waals surface area contributed by atoms with Crippen molar-refractivity contribution in [3.8, 4) is 5.75 Å². The first-order valence-corrected chi connectivity index (χ1v) is 6.17. The van der Waals surface area contributed by atoms with Crippen molar-refractivity contribution in [3.63, 3.8) is 0 Å². The van der Waals surface area contributed by atoms with Crippen molar-refractivity contribution in [2.75, 3.05) is 13.7 Å². The molecule has 96 valence electrons. The molecule has 6 nitrogen and oxygen atoms in total. The van der Waals surface area contributed by atoms with Gasteiger partial charge in [0.2, 0.25) is 0 Å². The van der Waals surface area contributed by atoms with Gasteiger partial charge < -0.3 is 9.47 Å². The summed E-state index contributed by atoms with van der Waals surface area (Å²) in [5, 5.41) is 4.09. The summed E-state index contributed by atoms with van der Waals surface area (Å²) in [6, 6.07) is 0. The van der Waals surface area contributed by atoms with E-state index in [-0.39, 0.29) is 12.4 Å². The monoisotopic (exact) mass is 313 g/mol. The Morgan fingerprint density at radius 3 is 3.00 bits per heavy atom. The molecule has 0 radical (unpaired) electrons. The highest BCUT2D eigenvalue weighted by Crippen LogP contribution is 2.22. The van der Waals surface area contributed by atoms with Gasteiger partial charge in [-0.25, -0.2) is 9.50 Å². The van der Waals surface area contributed by atoms with E-state index in [2.05, 4.69) is 26.0 Å². The van der Waals surface area contributed by atoms with Crippen LogP contribution in [0.15, 0.2) is 16.9 Å². The molecule has 2 heterocycles. The average Bonchev–Trinajstić information content (AvgIpc) is 2.70. The van der Waals surface area contributed by atoms with Crippen LogP contribution in [-0.4, -0.2) is 34.3 Å². The lowest BCUT2D eigenvalue weighted by Crippen LogP contribution is -2.11. The highest BCUT2D eigenvalue weighted by molar-refractivity contribution is 9.10. The number of esters is 1. The molecule has 18 heavy (non-hydrogen) atoms. The van der Waals surface area contributed by atoms with Crippen LogP contribution in [0.3, 0.4) is 0 Å². The third-order valence-corrected chi connectivity index (χ3v) is 2.89. The van der Waals surface area contributed by atoms with Gasteiger partial charge in [0.1, 0.15) is 0 Å². The quantitative estimate of drug-likeness (QED) is 0.802. The summed E-state index contributed by atoms with van der Waals surface area (Å²) in [4.78, 5) is 15.8. The second-order valence-electron chi connectivity index (χ2n) is 3.50. The fourth-order valence-corrected chi connectivity index (χ4v) is 1.91. The molecule has 2 aromatic heterocycles. The first-order valence-electron chi connectivity index (χ1n) is 5.38. The van der Waals surface area contributed by atoms with Crippen molar-refractivity contribution in [3.05, 3.63) is 22.6 Å². The normalized spacial score (nSPS) is 10.6. The number of carbonyl (C=O) groups is 1. The zero-order valence-corrected chi connectivity index (χ0v) is 11.6. The van der Waals surface area contributed by atoms with Crippen LogP contribution in [0, 0.1) is 0 Å². The fraction of sp³-hybridized carbons (Fsp3) is 0.364. The van der Waals surface area contributed by atoms with Gasteiger partial charge in [-0.3, -0.25) is 4.79 Å². The first-order chi connectivity index (χ1) is 8.65. The largest absolute Gasteiger partial charge is 0.493 e. The van der Waals surface area contributed by atoms with Gasteiger partial charge in [-0.05, 0) is 22.9 Å². The van der Waals surface area contributed by atoms with E-state index in [0.29, 0.717) is 23.7 Å². The summed E-state index contributed by atoms with van der Waals surface area (Å²) in [6.07, 6.45) is 3.39. The standard InChI is InChI=1S/C11H12BrN3O3/c1-3-18-10(16)4-8-9(17-2)6-15-11(14-8)7(12)5-13-15/h5-6H,3-4H2,1-2H3. The van der Waals surface area contributed by atoms with Crippen LogP contribution in [0.4, 0.5) is 0 Å². The number of hydrogen-bond acceptors (Lipinski definition) is 5. The minimum atomic E-state index is -0.330. The maximum Gasteiger partial charge on any atom is 0.312 e. The SMILES string of the molecule is CCOC(=O)Cc1nc2c(Br)cnn2cc1OC. The lowest BCUT2D eigenvalue weighted by atomic mass is 10.3. The Morgan fingerprint density at radius 2 is 2.33 bits per heavy atom. The topological polar surface area (TPSA) is 65.7 Å². The van der Waals surface area contributed by atoms with E-state index in [1.165, 1.54) is 7.11 Å². The van der Waals surface area contributed by atoms with Crippen LogP contribution in [0.1, 0.15) is 12.6 Å². The van der Waals surface area contributed by atoms with Crippen LogP contribution >= 0.6 is 15.9 Å². The lowest BCUT2D eigenvalue weighted by Gasteiger charge is -2.08. The fourth-order valence-electron chi connectivity index (χ4n) is 1.55. The van der Waals surface area contributed by atoms with E-state index in [9.17, 15) is 4.79 Å². The summed E-state index contributed by atoms with van der Waals surface area (Å²) in [6.45, 7) is 2.11. The number of ether oxygens (including phenoxy) is 2. The van der Waals surface area contributed by atoms with Gasteiger partial charge in [0.25, 0.3) is 0 Å². The molecule has 0 atom stereocenters.